The summed E-state index contributed by atoms with van der Waals surface area (Å²) in [7, 11) is 0. The van der Waals surface area contributed by atoms with Crippen LogP contribution in [0.25, 0.3) is 0 Å². The van der Waals surface area contributed by atoms with Crippen molar-refractivity contribution in [3.05, 3.63) is 11.7 Å². The highest BCUT2D eigenvalue weighted by atomic mass is 32.1. The molecule has 0 N–H and O–H groups in total. The average Bonchev–Trinajstić information content (AvgIpc) is 2.75. The maximum atomic E-state index is 5.00. The molecule has 0 spiro atoms. The Morgan fingerprint density at radius 1 is 1.55 bits per heavy atom. The van der Waals surface area contributed by atoms with E-state index in [4.69, 9.17) is 4.52 Å². The van der Waals surface area contributed by atoms with E-state index in [1.165, 1.54) is 12.8 Å². The summed E-state index contributed by atoms with van der Waals surface area (Å²) in [5.41, 5.74) is 0. The first-order valence-corrected chi connectivity index (χ1v) is 4.46. The topological polar surface area (TPSA) is 38.9 Å². The van der Waals surface area contributed by atoms with E-state index in [9.17, 15) is 0 Å². The first-order chi connectivity index (χ1) is 5.40. The van der Waals surface area contributed by atoms with Crippen LogP contribution in [-0.4, -0.2) is 15.9 Å². The van der Waals surface area contributed by atoms with Crippen molar-refractivity contribution in [3.63, 3.8) is 0 Å². The highest BCUT2D eigenvalue weighted by molar-refractivity contribution is 7.80. The molecular weight excluding hydrogens is 160 g/mol. The number of aryl methyl sites for hydroxylation is 1. The molecule has 0 amide bonds. The van der Waals surface area contributed by atoms with Crippen LogP contribution < -0.4 is 0 Å². The number of rotatable bonds is 3. The third-order valence-electron chi connectivity index (χ3n) is 1.75. The smallest absolute Gasteiger partial charge is 0.227 e. The van der Waals surface area contributed by atoms with Gasteiger partial charge in [-0.15, -0.1) is 0 Å². The maximum Gasteiger partial charge on any atom is 0.227 e. The van der Waals surface area contributed by atoms with Crippen molar-refractivity contribution in [1.82, 2.24) is 10.1 Å². The molecule has 60 valence electrons. The lowest BCUT2D eigenvalue weighted by atomic mass is 10.4. The van der Waals surface area contributed by atoms with Gasteiger partial charge < -0.3 is 4.52 Å². The molecule has 1 heterocycles. The van der Waals surface area contributed by atoms with Crippen molar-refractivity contribution in [3.8, 4) is 0 Å². The first-order valence-electron chi connectivity index (χ1n) is 3.83. The highest BCUT2D eigenvalue weighted by Crippen LogP contribution is 2.38. The summed E-state index contributed by atoms with van der Waals surface area (Å²) in [5, 5.41) is 3.88. The Morgan fingerprint density at radius 2 is 2.36 bits per heavy atom. The van der Waals surface area contributed by atoms with E-state index in [1.54, 1.807) is 0 Å². The number of hydrogen-bond acceptors (Lipinski definition) is 4. The fourth-order valence-corrected chi connectivity index (χ4v) is 1.16. The molecule has 1 aliphatic rings. The normalized spacial score (nSPS) is 17.2. The number of nitrogens with zero attached hydrogens (tertiary/aromatic N) is 2. The molecule has 1 aromatic rings. The number of thiol groups is 1. The zero-order valence-electron chi connectivity index (χ0n) is 6.16. The van der Waals surface area contributed by atoms with E-state index in [0.717, 1.165) is 23.9 Å². The molecule has 4 heteroatoms. The van der Waals surface area contributed by atoms with Crippen molar-refractivity contribution in [1.29, 1.82) is 0 Å². The summed E-state index contributed by atoms with van der Waals surface area (Å²) in [6, 6.07) is 0. The molecular formula is C7H10N2OS. The molecule has 1 aromatic heterocycles. The van der Waals surface area contributed by atoms with Gasteiger partial charge in [-0.2, -0.15) is 17.6 Å². The van der Waals surface area contributed by atoms with Crippen LogP contribution in [0.3, 0.4) is 0 Å². The summed E-state index contributed by atoms with van der Waals surface area (Å²) in [6.45, 7) is 0. The third kappa shape index (κ3) is 1.56. The minimum absolute atomic E-state index is 0.590. The van der Waals surface area contributed by atoms with E-state index in [1.807, 2.05) is 0 Å². The molecule has 0 radical (unpaired) electrons. The molecule has 0 bridgehead atoms. The van der Waals surface area contributed by atoms with Gasteiger partial charge in [-0.3, -0.25) is 0 Å². The Kier molecular flexibility index (Phi) is 1.85. The zero-order valence-corrected chi connectivity index (χ0v) is 7.05. The van der Waals surface area contributed by atoms with Gasteiger partial charge in [0.2, 0.25) is 5.89 Å². The average molecular weight is 170 g/mol. The van der Waals surface area contributed by atoms with E-state index in [-0.39, 0.29) is 0 Å². The Balaban J connectivity index is 2.06. The molecule has 0 atom stereocenters. The van der Waals surface area contributed by atoms with Gasteiger partial charge >= 0.3 is 0 Å². The van der Waals surface area contributed by atoms with Gasteiger partial charge in [-0.1, -0.05) is 5.16 Å². The predicted octanol–water partition coefficient (Wildman–Crippen LogP) is 1.42. The van der Waals surface area contributed by atoms with Crippen molar-refractivity contribution in [2.45, 2.75) is 25.2 Å². The third-order valence-corrected chi connectivity index (χ3v) is 1.98. The van der Waals surface area contributed by atoms with Crippen LogP contribution in [0.1, 0.15) is 30.5 Å². The molecule has 3 nitrogen and oxygen atoms in total. The Labute approximate surface area is 70.6 Å². The largest absolute Gasteiger partial charge is 0.339 e. The van der Waals surface area contributed by atoms with Crippen LogP contribution in [0.5, 0.6) is 0 Å². The molecule has 0 saturated heterocycles. The van der Waals surface area contributed by atoms with Gasteiger partial charge in [0, 0.05) is 12.3 Å². The standard InChI is InChI=1S/C7H10N2OS/c11-4-3-6-8-7(9-10-6)5-1-2-5/h5,11H,1-4H2. The van der Waals surface area contributed by atoms with Crippen LogP contribution >= 0.6 is 12.6 Å². The Morgan fingerprint density at radius 3 is 3.00 bits per heavy atom. The minimum Gasteiger partial charge on any atom is -0.339 e. The molecule has 2 rings (SSSR count). The van der Waals surface area contributed by atoms with Crippen LogP contribution in [0.2, 0.25) is 0 Å². The lowest BCUT2D eigenvalue weighted by molar-refractivity contribution is 0.377. The monoisotopic (exact) mass is 170 g/mol. The van der Waals surface area contributed by atoms with Gasteiger partial charge in [0.05, 0.1) is 0 Å². The molecule has 11 heavy (non-hydrogen) atoms. The van der Waals surface area contributed by atoms with E-state index < -0.39 is 0 Å². The van der Waals surface area contributed by atoms with Crippen molar-refractivity contribution < 1.29 is 4.52 Å². The first kappa shape index (κ1) is 7.16. The fourth-order valence-electron chi connectivity index (χ4n) is 0.973. The van der Waals surface area contributed by atoms with Crippen LogP contribution in [-0.2, 0) is 6.42 Å². The second kappa shape index (κ2) is 2.85. The van der Waals surface area contributed by atoms with E-state index in [2.05, 4.69) is 22.8 Å². The molecule has 1 saturated carbocycles. The second-order valence-electron chi connectivity index (χ2n) is 2.79. The summed E-state index contributed by atoms with van der Waals surface area (Å²) in [5.74, 6) is 2.97. The van der Waals surface area contributed by atoms with Gasteiger partial charge in [0.15, 0.2) is 5.82 Å². The van der Waals surface area contributed by atoms with Crippen molar-refractivity contribution in [2.75, 3.05) is 5.75 Å². The SMILES string of the molecule is SCCc1nc(C2CC2)no1. The van der Waals surface area contributed by atoms with Gasteiger partial charge in [0.1, 0.15) is 0 Å². The highest BCUT2D eigenvalue weighted by Gasteiger charge is 2.28. The lowest BCUT2D eigenvalue weighted by Gasteiger charge is -1.83. The van der Waals surface area contributed by atoms with Crippen LogP contribution in [0, 0.1) is 0 Å². The van der Waals surface area contributed by atoms with Crippen molar-refractivity contribution in [2.24, 2.45) is 0 Å². The summed E-state index contributed by atoms with van der Waals surface area (Å²) in [4.78, 5) is 4.24. The lowest BCUT2D eigenvalue weighted by Crippen LogP contribution is -1.86. The molecule has 0 unspecified atom stereocenters. The quantitative estimate of drug-likeness (QED) is 0.697. The summed E-state index contributed by atoms with van der Waals surface area (Å²) < 4.78 is 5.00. The fraction of sp³-hybridized carbons (Fsp3) is 0.714. The maximum absolute atomic E-state index is 5.00. The molecule has 1 aliphatic carbocycles. The van der Waals surface area contributed by atoms with Crippen LogP contribution in [0.4, 0.5) is 0 Å². The van der Waals surface area contributed by atoms with Gasteiger partial charge in [-0.05, 0) is 18.6 Å². The van der Waals surface area contributed by atoms with E-state index >= 15 is 0 Å². The Hall–Kier alpha value is -0.510. The summed E-state index contributed by atoms with van der Waals surface area (Å²) >= 11 is 4.08. The number of aromatic nitrogens is 2. The molecule has 0 aliphatic heterocycles. The number of hydrogen-bond donors (Lipinski definition) is 1. The molecule has 0 aromatic carbocycles. The minimum atomic E-state index is 0.590. The second-order valence-corrected chi connectivity index (χ2v) is 3.24. The van der Waals surface area contributed by atoms with Crippen LogP contribution in [0.15, 0.2) is 4.52 Å². The Bertz CT molecular complexity index is 244. The predicted molar refractivity (Wildman–Crippen MR) is 43.8 cm³/mol. The van der Waals surface area contributed by atoms with Gasteiger partial charge in [-0.25, -0.2) is 0 Å². The zero-order chi connectivity index (χ0) is 7.68. The van der Waals surface area contributed by atoms with E-state index in [0.29, 0.717) is 5.92 Å². The van der Waals surface area contributed by atoms with Crippen molar-refractivity contribution >= 4 is 12.6 Å². The summed E-state index contributed by atoms with van der Waals surface area (Å²) in [6.07, 6.45) is 3.22. The van der Waals surface area contributed by atoms with Gasteiger partial charge in [0.25, 0.3) is 0 Å². The molecule has 1 fully saturated rings.